The van der Waals surface area contributed by atoms with Gasteiger partial charge < -0.3 is 15.2 Å². The molecule has 2 rings (SSSR count). The zero-order chi connectivity index (χ0) is 11.6. The van der Waals surface area contributed by atoms with Crippen LogP contribution in [-0.2, 0) is 5.41 Å². The highest BCUT2D eigenvalue weighted by molar-refractivity contribution is 5.45. The largest absolute Gasteiger partial charge is 0.486 e. The Morgan fingerprint density at radius 2 is 1.88 bits per heavy atom. The summed E-state index contributed by atoms with van der Waals surface area (Å²) in [6, 6.07) is 6.16. The molecule has 88 valence electrons. The molecule has 3 nitrogen and oxygen atoms in total. The molecule has 0 spiro atoms. The molecule has 1 heterocycles. The van der Waals surface area contributed by atoms with E-state index in [4.69, 9.17) is 15.2 Å². The Kier molecular flexibility index (Phi) is 3.06. The summed E-state index contributed by atoms with van der Waals surface area (Å²) in [5, 5.41) is 0. The van der Waals surface area contributed by atoms with E-state index < -0.39 is 0 Å². The molecule has 1 aromatic carbocycles. The molecule has 0 bridgehead atoms. The third-order valence-electron chi connectivity index (χ3n) is 3.09. The molecule has 0 fully saturated rings. The van der Waals surface area contributed by atoms with E-state index in [0.29, 0.717) is 19.8 Å². The monoisotopic (exact) mass is 221 g/mol. The summed E-state index contributed by atoms with van der Waals surface area (Å²) in [5.74, 6) is 1.70. The Balaban J connectivity index is 2.29. The number of benzene rings is 1. The maximum absolute atomic E-state index is 5.63. The Morgan fingerprint density at radius 3 is 2.56 bits per heavy atom. The summed E-state index contributed by atoms with van der Waals surface area (Å²) in [5.41, 5.74) is 6.97. The van der Waals surface area contributed by atoms with Gasteiger partial charge >= 0.3 is 0 Å². The molecule has 0 saturated carbocycles. The molecule has 0 atom stereocenters. The number of rotatable bonds is 3. The molecule has 0 saturated heterocycles. The van der Waals surface area contributed by atoms with Crippen LogP contribution in [0.25, 0.3) is 0 Å². The van der Waals surface area contributed by atoms with Crippen molar-refractivity contribution < 1.29 is 9.47 Å². The van der Waals surface area contributed by atoms with Crippen molar-refractivity contribution >= 4 is 0 Å². The topological polar surface area (TPSA) is 44.5 Å². The van der Waals surface area contributed by atoms with Crippen LogP contribution in [0, 0.1) is 0 Å². The van der Waals surface area contributed by atoms with E-state index in [0.717, 1.165) is 17.9 Å². The Morgan fingerprint density at radius 1 is 1.19 bits per heavy atom. The van der Waals surface area contributed by atoms with Crippen LogP contribution in [0.4, 0.5) is 0 Å². The van der Waals surface area contributed by atoms with Gasteiger partial charge in [-0.2, -0.15) is 0 Å². The minimum absolute atomic E-state index is 0.0879. The van der Waals surface area contributed by atoms with Gasteiger partial charge in [-0.25, -0.2) is 0 Å². The van der Waals surface area contributed by atoms with Crippen molar-refractivity contribution in [3.05, 3.63) is 23.8 Å². The predicted molar refractivity (Wildman–Crippen MR) is 64.1 cm³/mol. The maximum Gasteiger partial charge on any atom is 0.161 e. The summed E-state index contributed by atoms with van der Waals surface area (Å²) < 4.78 is 11.1. The quantitative estimate of drug-likeness (QED) is 0.850. The van der Waals surface area contributed by atoms with Gasteiger partial charge in [0.15, 0.2) is 11.5 Å². The first-order chi connectivity index (χ1) is 7.63. The summed E-state index contributed by atoms with van der Waals surface area (Å²) in [6.45, 7) is 6.37. The van der Waals surface area contributed by atoms with E-state index >= 15 is 0 Å². The van der Waals surface area contributed by atoms with Crippen LogP contribution in [0.3, 0.4) is 0 Å². The smallest absolute Gasteiger partial charge is 0.161 e. The fraction of sp³-hybridized carbons (Fsp3) is 0.538. The third kappa shape index (κ3) is 2.14. The van der Waals surface area contributed by atoms with E-state index in [-0.39, 0.29) is 5.41 Å². The van der Waals surface area contributed by atoms with Crippen LogP contribution in [0.15, 0.2) is 18.2 Å². The lowest BCUT2D eigenvalue weighted by molar-refractivity contribution is 0.171. The van der Waals surface area contributed by atoms with Crippen LogP contribution < -0.4 is 15.2 Å². The molecule has 1 aliphatic heterocycles. The SMILES string of the molecule is CC(C)(CCN)c1ccc2c(c1)OCCO2. The van der Waals surface area contributed by atoms with Gasteiger partial charge in [0.05, 0.1) is 0 Å². The highest BCUT2D eigenvalue weighted by Gasteiger charge is 2.22. The van der Waals surface area contributed by atoms with Crippen LogP contribution in [0.1, 0.15) is 25.8 Å². The second kappa shape index (κ2) is 4.34. The molecular weight excluding hydrogens is 202 g/mol. The zero-order valence-electron chi connectivity index (χ0n) is 9.95. The second-order valence-corrected chi connectivity index (χ2v) is 4.78. The first-order valence-electron chi connectivity index (χ1n) is 5.74. The lowest BCUT2D eigenvalue weighted by Crippen LogP contribution is -2.22. The van der Waals surface area contributed by atoms with Gasteiger partial charge in [0.1, 0.15) is 13.2 Å². The number of hydrogen-bond donors (Lipinski definition) is 1. The van der Waals surface area contributed by atoms with Gasteiger partial charge in [-0.15, -0.1) is 0 Å². The maximum atomic E-state index is 5.63. The Bertz CT molecular complexity index is 374. The minimum atomic E-state index is 0.0879. The van der Waals surface area contributed by atoms with E-state index in [9.17, 15) is 0 Å². The van der Waals surface area contributed by atoms with E-state index in [1.807, 2.05) is 6.07 Å². The molecule has 0 unspecified atom stereocenters. The van der Waals surface area contributed by atoms with Crippen LogP contribution >= 0.6 is 0 Å². The van der Waals surface area contributed by atoms with Crippen molar-refractivity contribution in [2.45, 2.75) is 25.7 Å². The lowest BCUT2D eigenvalue weighted by Gasteiger charge is -2.27. The normalized spacial score (nSPS) is 14.9. The fourth-order valence-electron chi connectivity index (χ4n) is 1.97. The number of fused-ring (bicyclic) bond motifs is 1. The minimum Gasteiger partial charge on any atom is -0.486 e. The van der Waals surface area contributed by atoms with Crippen LogP contribution in [0.2, 0.25) is 0 Å². The Hall–Kier alpha value is -1.22. The first kappa shape index (κ1) is 11.3. The highest BCUT2D eigenvalue weighted by atomic mass is 16.6. The van der Waals surface area contributed by atoms with Crippen LogP contribution in [0.5, 0.6) is 11.5 Å². The number of nitrogens with two attached hydrogens (primary N) is 1. The first-order valence-corrected chi connectivity index (χ1v) is 5.74. The van der Waals surface area contributed by atoms with Crippen molar-refractivity contribution in [1.29, 1.82) is 0 Å². The summed E-state index contributed by atoms with van der Waals surface area (Å²) in [7, 11) is 0. The summed E-state index contributed by atoms with van der Waals surface area (Å²) >= 11 is 0. The summed E-state index contributed by atoms with van der Waals surface area (Å²) in [6.07, 6.45) is 0.965. The molecule has 0 aliphatic carbocycles. The molecular formula is C13H19NO2. The fourth-order valence-corrected chi connectivity index (χ4v) is 1.97. The average molecular weight is 221 g/mol. The van der Waals surface area contributed by atoms with Gasteiger partial charge in [-0.1, -0.05) is 19.9 Å². The number of hydrogen-bond acceptors (Lipinski definition) is 3. The van der Waals surface area contributed by atoms with E-state index in [1.54, 1.807) is 0 Å². The van der Waals surface area contributed by atoms with Crippen molar-refractivity contribution in [1.82, 2.24) is 0 Å². The van der Waals surface area contributed by atoms with Gasteiger partial charge in [-0.3, -0.25) is 0 Å². The average Bonchev–Trinajstić information content (AvgIpc) is 2.28. The van der Waals surface area contributed by atoms with Crippen molar-refractivity contribution in [3.8, 4) is 11.5 Å². The number of ether oxygens (including phenoxy) is 2. The Labute approximate surface area is 96.5 Å². The molecule has 0 aromatic heterocycles. The molecule has 2 N–H and O–H groups in total. The van der Waals surface area contributed by atoms with Gasteiger partial charge in [-0.05, 0) is 36.1 Å². The van der Waals surface area contributed by atoms with Crippen molar-refractivity contribution in [2.24, 2.45) is 5.73 Å². The van der Waals surface area contributed by atoms with Gasteiger partial charge in [0.2, 0.25) is 0 Å². The van der Waals surface area contributed by atoms with Crippen molar-refractivity contribution in [2.75, 3.05) is 19.8 Å². The standard InChI is InChI=1S/C13H19NO2/c1-13(2,5-6-14)10-3-4-11-12(9-10)16-8-7-15-11/h3-4,9H,5-8,14H2,1-2H3. The van der Waals surface area contributed by atoms with Gasteiger partial charge in [0, 0.05) is 0 Å². The van der Waals surface area contributed by atoms with Gasteiger partial charge in [0.25, 0.3) is 0 Å². The van der Waals surface area contributed by atoms with Crippen LogP contribution in [-0.4, -0.2) is 19.8 Å². The zero-order valence-corrected chi connectivity index (χ0v) is 9.95. The molecule has 1 aliphatic rings. The molecule has 16 heavy (non-hydrogen) atoms. The molecule has 1 aromatic rings. The lowest BCUT2D eigenvalue weighted by atomic mass is 9.81. The highest BCUT2D eigenvalue weighted by Crippen LogP contribution is 2.36. The molecule has 0 radical (unpaired) electrons. The van der Waals surface area contributed by atoms with E-state index in [1.165, 1.54) is 5.56 Å². The molecule has 3 heteroatoms. The summed E-state index contributed by atoms with van der Waals surface area (Å²) in [4.78, 5) is 0. The predicted octanol–water partition coefficient (Wildman–Crippen LogP) is 2.08. The third-order valence-corrected chi connectivity index (χ3v) is 3.09. The van der Waals surface area contributed by atoms with Crippen molar-refractivity contribution in [3.63, 3.8) is 0 Å². The molecule has 0 amide bonds. The second-order valence-electron chi connectivity index (χ2n) is 4.78. The van der Waals surface area contributed by atoms with E-state index in [2.05, 4.69) is 26.0 Å².